The summed E-state index contributed by atoms with van der Waals surface area (Å²) < 4.78 is 8.97. The molecule has 0 unspecified atom stereocenters. The smallest absolute Gasteiger partial charge is 0.136 e. The Morgan fingerprint density at radius 2 is 0.895 bits per heavy atom. The molecule has 0 aliphatic heterocycles. The largest absolute Gasteiger partial charge is 0.456 e. The molecule has 0 atom stereocenters. The standard InChI is InChI=1S/C54H35NOS/c1-3-12-36(13-4-1)37-22-24-38(25-23-37)39-26-29-42(30-27-39)55(50-19-11-18-48-47-17-8-10-21-53(47)57-54(48)50)43-31-33-44(40-14-5-2-6-15-40)49(35-43)41-28-32-46-45-16-7-9-20-51(45)56-52(46)34-41/h1-35H. The maximum absolute atomic E-state index is 6.42. The molecule has 0 bridgehead atoms. The highest BCUT2D eigenvalue weighted by atomic mass is 32.1. The minimum atomic E-state index is 0.886. The van der Waals surface area contributed by atoms with Crippen molar-refractivity contribution in [3.63, 3.8) is 0 Å². The fourth-order valence-electron chi connectivity index (χ4n) is 8.30. The molecule has 0 aliphatic carbocycles. The van der Waals surface area contributed by atoms with Crippen LogP contribution in [-0.4, -0.2) is 0 Å². The number of anilines is 3. The van der Waals surface area contributed by atoms with Gasteiger partial charge in [-0.05, 0) is 99.1 Å². The van der Waals surface area contributed by atoms with E-state index in [4.69, 9.17) is 4.42 Å². The molecule has 0 radical (unpaired) electrons. The number of rotatable bonds is 7. The number of hydrogen-bond acceptors (Lipinski definition) is 3. The molecule has 9 aromatic carbocycles. The van der Waals surface area contributed by atoms with Gasteiger partial charge in [0.05, 0.1) is 10.4 Å². The van der Waals surface area contributed by atoms with Gasteiger partial charge < -0.3 is 9.32 Å². The van der Waals surface area contributed by atoms with Crippen molar-refractivity contribution in [3.05, 3.63) is 212 Å². The topological polar surface area (TPSA) is 16.4 Å². The third-order valence-electron chi connectivity index (χ3n) is 11.1. The first kappa shape index (κ1) is 33.2. The van der Waals surface area contributed by atoms with Crippen LogP contribution in [0.25, 0.3) is 86.6 Å². The zero-order chi connectivity index (χ0) is 37.7. The van der Waals surface area contributed by atoms with Crippen LogP contribution in [0.5, 0.6) is 0 Å². The van der Waals surface area contributed by atoms with Crippen molar-refractivity contribution in [1.29, 1.82) is 0 Å². The quantitative estimate of drug-likeness (QED) is 0.162. The third kappa shape index (κ3) is 5.88. The average molecular weight is 746 g/mol. The summed E-state index contributed by atoms with van der Waals surface area (Å²) >= 11 is 1.86. The fourth-order valence-corrected chi connectivity index (χ4v) is 9.50. The second kappa shape index (κ2) is 13.8. The highest BCUT2D eigenvalue weighted by molar-refractivity contribution is 7.26. The predicted octanol–water partition coefficient (Wildman–Crippen LogP) is 16.1. The van der Waals surface area contributed by atoms with Crippen molar-refractivity contribution >= 4 is 70.5 Å². The lowest BCUT2D eigenvalue weighted by molar-refractivity contribution is 0.669. The number of furan rings is 1. The zero-order valence-electron chi connectivity index (χ0n) is 31.0. The fraction of sp³-hybridized carbons (Fsp3) is 0. The summed E-state index contributed by atoms with van der Waals surface area (Å²) in [5.41, 5.74) is 14.5. The Kier molecular flexibility index (Phi) is 8.04. The van der Waals surface area contributed by atoms with Crippen LogP contribution in [0.15, 0.2) is 217 Å². The Hall–Kier alpha value is -7.20. The minimum Gasteiger partial charge on any atom is -0.456 e. The lowest BCUT2D eigenvalue weighted by Crippen LogP contribution is -2.10. The van der Waals surface area contributed by atoms with Gasteiger partial charge in [0.2, 0.25) is 0 Å². The molecule has 0 amide bonds. The van der Waals surface area contributed by atoms with E-state index in [0.717, 1.165) is 50.1 Å². The summed E-state index contributed by atoms with van der Waals surface area (Å²) in [5.74, 6) is 0. The van der Waals surface area contributed by atoms with E-state index in [1.165, 1.54) is 53.6 Å². The number of hydrogen-bond donors (Lipinski definition) is 0. The summed E-state index contributed by atoms with van der Waals surface area (Å²) in [5, 5.41) is 4.81. The van der Waals surface area contributed by atoms with Crippen LogP contribution >= 0.6 is 11.3 Å². The Bertz CT molecular complexity index is 3210. The monoisotopic (exact) mass is 745 g/mol. The van der Waals surface area contributed by atoms with Gasteiger partial charge in [0.15, 0.2) is 0 Å². The summed E-state index contributed by atoms with van der Waals surface area (Å²) in [6.07, 6.45) is 0. The van der Waals surface area contributed by atoms with E-state index in [1.54, 1.807) is 0 Å². The van der Waals surface area contributed by atoms with E-state index >= 15 is 0 Å². The van der Waals surface area contributed by atoms with Crippen molar-refractivity contribution < 1.29 is 4.42 Å². The van der Waals surface area contributed by atoms with E-state index in [-0.39, 0.29) is 0 Å². The number of nitrogens with zero attached hydrogens (tertiary/aromatic N) is 1. The van der Waals surface area contributed by atoms with Crippen LogP contribution in [-0.2, 0) is 0 Å². The summed E-state index contributed by atoms with van der Waals surface area (Å²) in [7, 11) is 0. The minimum absolute atomic E-state index is 0.886. The molecule has 0 saturated heterocycles. The van der Waals surface area contributed by atoms with Crippen LogP contribution in [0.4, 0.5) is 17.1 Å². The van der Waals surface area contributed by atoms with Crippen molar-refractivity contribution in [1.82, 2.24) is 0 Å². The summed E-state index contributed by atoms with van der Waals surface area (Å²) in [4.78, 5) is 2.43. The first-order chi connectivity index (χ1) is 28.2. The van der Waals surface area contributed by atoms with Gasteiger partial charge in [0, 0.05) is 37.6 Å². The van der Waals surface area contributed by atoms with Crippen molar-refractivity contribution in [3.8, 4) is 44.5 Å². The molecule has 11 aromatic rings. The van der Waals surface area contributed by atoms with Crippen LogP contribution in [0.1, 0.15) is 0 Å². The van der Waals surface area contributed by atoms with Gasteiger partial charge in [-0.2, -0.15) is 0 Å². The number of para-hydroxylation sites is 1. The first-order valence-corrected chi connectivity index (χ1v) is 20.1. The third-order valence-corrected chi connectivity index (χ3v) is 12.3. The van der Waals surface area contributed by atoms with Crippen molar-refractivity contribution in [2.75, 3.05) is 4.90 Å². The van der Waals surface area contributed by atoms with Gasteiger partial charge in [-0.15, -0.1) is 11.3 Å². The molecule has 3 heteroatoms. The second-order valence-electron chi connectivity index (χ2n) is 14.5. The molecule has 57 heavy (non-hydrogen) atoms. The molecule has 2 heterocycles. The van der Waals surface area contributed by atoms with E-state index in [0.29, 0.717) is 0 Å². The molecule has 268 valence electrons. The molecule has 2 aromatic heterocycles. The first-order valence-electron chi connectivity index (χ1n) is 19.3. The highest BCUT2D eigenvalue weighted by Gasteiger charge is 2.21. The molecule has 0 N–H and O–H groups in total. The van der Waals surface area contributed by atoms with Gasteiger partial charge in [0.1, 0.15) is 11.2 Å². The van der Waals surface area contributed by atoms with E-state index in [9.17, 15) is 0 Å². The van der Waals surface area contributed by atoms with Crippen LogP contribution < -0.4 is 4.90 Å². The molecule has 0 fully saturated rings. The molecular formula is C54H35NOS. The Labute approximate surface area is 335 Å². The van der Waals surface area contributed by atoms with Gasteiger partial charge in [-0.25, -0.2) is 0 Å². The van der Waals surface area contributed by atoms with E-state index in [2.05, 4.69) is 205 Å². The molecule has 2 nitrogen and oxygen atoms in total. The highest BCUT2D eigenvalue weighted by Crippen LogP contribution is 2.47. The SMILES string of the molecule is c1ccc(-c2ccc(-c3ccc(N(c4ccc(-c5ccccc5)c(-c5ccc6c(c5)oc5ccccc56)c4)c4cccc5c4sc4ccccc45)cc3)cc2)cc1. The summed E-state index contributed by atoms with van der Waals surface area (Å²) in [6, 6.07) is 76.4. The molecule has 11 rings (SSSR count). The lowest BCUT2D eigenvalue weighted by Gasteiger charge is -2.27. The van der Waals surface area contributed by atoms with Gasteiger partial charge in [0.25, 0.3) is 0 Å². The van der Waals surface area contributed by atoms with Crippen LogP contribution in [0.2, 0.25) is 0 Å². The number of thiophene rings is 1. The van der Waals surface area contributed by atoms with Crippen LogP contribution in [0, 0.1) is 0 Å². The van der Waals surface area contributed by atoms with E-state index < -0.39 is 0 Å². The average Bonchev–Trinajstić information content (AvgIpc) is 3.86. The van der Waals surface area contributed by atoms with E-state index in [1.807, 2.05) is 23.5 Å². The molecule has 0 aliphatic rings. The lowest BCUT2D eigenvalue weighted by atomic mass is 9.93. The molecule has 0 spiro atoms. The number of fused-ring (bicyclic) bond motifs is 6. The second-order valence-corrected chi connectivity index (χ2v) is 15.5. The number of benzene rings is 9. The molecule has 0 saturated carbocycles. The van der Waals surface area contributed by atoms with Crippen molar-refractivity contribution in [2.24, 2.45) is 0 Å². The predicted molar refractivity (Wildman–Crippen MR) is 243 cm³/mol. The maximum Gasteiger partial charge on any atom is 0.136 e. The van der Waals surface area contributed by atoms with Crippen molar-refractivity contribution in [2.45, 2.75) is 0 Å². The van der Waals surface area contributed by atoms with Crippen LogP contribution in [0.3, 0.4) is 0 Å². The Morgan fingerprint density at radius 3 is 1.65 bits per heavy atom. The summed E-state index contributed by atoms with van der Waals surface area (Å²) in [6.45, 7) is 0. The van der Waals surface area contributed by atoms with Gasteiger partial charge >= 0.3 is 0 Å². The maximum atomic E-state index is 6.42. The van der Waals surface area contributed by atoms with Gasteiger partial charge in [-0.1, -0.05) is 158 Å². The normalized spacial score (nSPS) is 11.5. The van der Waals surface area contributed by atoms with Gasteiger partial charge in [-0.3, -0.25) is 0 Å². The zero-order valence-corrected chi connectivity index (χ0v) is 31.8. The molecular weight excluding hydrogens is 711 g/mol. The Balaban J connectivity index is 1.08. The Morgan fingerprint density at radius 1 is 0.333 bits per heavy atom.